The van der Waals surface area contributed by atoms with Crippen LogP contribution in [0.5, 0.6) is 5.75 Å². The normalized spacial score (nSPS) is 19.4. The van der Waals surface area contributed by atoms with E-state index in [1.165, 1.54) is 0 Å². The van der Waals surface area contributed by atoms with Crippen LogP contribution in [0.1, 0.15) is 23.1 Å². The molecule has 1 saturated heterocycles. The number of ether oxygens (including phenoxy) is 1. The summed E-state index contributed by atoms with van der Waals surface area (Å²) in [6, 6.07) is 12.7. The fourth-order valence-electron chi connectivity index (χ4n) is 3.96. The van der Waals surface area contributed by atoms with Crippen molar-refractivity contribution in [2.75, 3.05) is 19.7 Å². The Morgan fingerprint density at radius 2 is 1.89 bits per heavy atom. The van der Waals surface area contributed by atoms with Gasteiger partial charge in [-0.05, 0) is 53.6 Å². The smallest absolute Gasteiger partial charge is 0.307 e. The maximum Gasteiger partial charge on any atom is 0.307 e. The van der Waals surface area contributed by atoms with E-state index < -0.39 is 16.0 Å². The molecular formula is C21H23NO5S. The van der Waals surface area contributed by atoms with Crippen molar-refractivity contribution in [2.45, 2.75) is 30.6 Å². The molecule has 2 aromatic rings. The van der Waals surface area contributed by atoms with Crippen LogP contribution in [0.25, 0.3) is 0 Å². The number of carbonyl (C=O) groups is 1. The lowest BCUT2D eigenvalue weighted by Gasteiger charge is -2.17. The quantitative estimate of drug-likeness (QED) is 0.804. The van der Waals surface area contributed by atoms with Gasteiger partial charge in [-0.15, -0.1) is 0 Å². The molecule has 1 N–H and O–H groups in total. The minimum atomic E-state index is -3.49. The molecule has 1 fully saturated rings. The molecule has 7 heteroatoms. The lowest BCUT2D eigenvalue weighted by Crippen LogP contribution is -2.29. The fourth-order valence-corrected chi connectivity index (χ4v) is 5.54. The zero-order chi connectivity index (χ0) is 19.7. The first-order chi connectivity index (χ1) is 13.4. The van der Waals surface area contributed by atoms with Crippen molar-refractivity contribution < 1.29 is 23.1 Å². The number of hydrogen-bond acceptors (Lipinski definition) is 4. The molecule has 2 aromatic carbocycles. The van der Waals surface area contributed by atoms with Gasteiger partial charge in [0.15, 0.2) is 0 Å². The zero-order valence-electron chi connectivity index (χ0n) is 15.5. The predicted octanol–water partition coefficient (Wildman–Crippen LogP) is 2.50. The molecule has 0 saturated carbocycles. The van der Waals surface area contributed by atoms with Crippen molar-refractivity contribution in [3.63, 3.8) is 0 Å². The van der Waals surface area contributed by atoms with Crippen LogP contribution < -0.4 is 4.74 Å². The number of benzene rings is 2. The van der Waals surface area contributed by atoms with Gasteiger partial charge in [0.1, 0.15) is 5.75 Å². The van der Waals surface area contributed by atoms with Gasteiger partial charge in [-0.1, -0.05) is 24.3 Å². The summed E-state index contributed by atoms with van der Waals surface area (Å²) in [6.07, 6.45) is 2.38. The zero-order valence-corrected chi connectivity index (χ0v) is 16.3. The number of fused-ring (bicyclic) bond motifs is 1. The maximum absolute atomic E-state index is 13.0. The largest absolute Gasteiger partial charge is 0.493 e. The van der Waals surface area contributed by atoms with Crippen molar-refractivity contribution >= 4 is 16.0 Å². The molecule has 2 aliphatic rings. The standard InChI is InChI=1S/C21H23NO5S/c23-21(24)12-16-3-1-15(2-4-16)11-17-7-9-22(14-17)28(25,26)19-5-6-20-18(13-19)8-10-27-20/h1-6,13,17H,7-12,14H2,(H,23,24). The van der Waals surface area contributed by atoms with E-state index >= 15 is 0 Å². The van der Waals surface area contributed by atoms with Crippen molar-refractivity contribution in [1.82, 2.24) is 4.31 Å². The Morgan fingerprint density at radius 3 is 2.64 bits per heavy atom. The second kappa shape index (κ2) is 7.56. The molecule has 1 unspecified atom stereocenters. The Kier molecular flexibility index (Phi) is 5.12. The van der Waals surface area contributed by atoms with Gasteiger partial charge in [-0.2, -0.15) is 4.31 Å². The molecule has 28 heavy (non-hydrogen) atoms. The molecule has 0 amide bonds. The van der Waals surface area contributed by atoms with Gasteiger partial charge in [-0.25, -0.2) is 8.42 Å². The summed E-state index contributed by atoms with van der Waals surface area (Å²) in [5.41, 5.74) is 2.83. The average molecular weight is 401 g/mol. The average Bonchev–Trinajstić information content (AvgIpc) is 3.32. The SMILES string of the molecule is O=C(O)Cc1ccc(CC2CCN(S(=O)(=O)c3ccc4c(c3)CCO4)C2)cc1. The number of nitrogens with zero attached hydrogens (tertiary/aromatic N) is 1. The Bertz CT molecular complexity index is 984. The monoisotopic (exact) mass is 401 g/mol. The van der Waals surface area contributed by atoms with E-state index in [0.717, 1.165) is 41.7 Å². The number of hydrogen-bond donors (Lipinski definition) is 1. The summed E-state index contributed by atoms with van der Waals surface area (Å²) < 4.78 is 33.1. The van der Waals surface area contributed by atoms with Gasteiger partial charge >= 0.3 is 5.97 Å². The van der Waals surface area contributed by atoms with Crippen molar-refractivity contribution in [3.05, 3.63) is 59.2 Å². The molecule has 1 atom stereocenters. The lowest BCUT2D eigenvalue weighted by atomic mass is 9.97. The Hall–Kier alpha value is -2.38. The number of aliphatic carboxylic acids is 1. The van der Waals surface area contributed by atoms with Crippen LogP contribution in [0.2, 0.25) is 0 Å². The minimum Gasteiger partial charge on any atom is -0.493 e. The third kappa shape index (κ3) is 3.91. The molecule has 0 aliphatic carbocycles. The first kappa shape index (κ1) is 19.0. The van der Waals surface area contributed by atoms with Gasteiger partial charge < -0.3 is 9.84 Å². The highest BCUT2D eigenvalue weighted by Crippen LogP contribution is 2.31. The van der Waals surface area contributed by atoms with E-state index in [1.54, 1.807) is 22.5 Å². The number of carboxylic acids is 1. The first-order valence-corrected chi connectivity index (χ1v) is 10.9. The highest BCUT2D eigenvalue weighted by Gasteiger charge is 2.33. The molecule has 0 aromatic heterocycles. The van der Waals surface area contributed by atoms with Crippen LogP contribution >= 0.6 is 0 Å². The van der Waals surface area contributed by atoms with Crippen LogP contribution in [0.3, 0.4) is 0 Å². The Morgan fingerprint density at radius 1 is 1.14 bits per heavy atom. The molecule has 0 spiro atoms. The summed E-state index contributed by atoms with van der Waals surface area (Å²) >= 11 is 0. The topological polar surface area (TPSA) is 83.9 Å². The lowest BCUT2D eigenvalue weighted by molar-refractivity contribution is -0.136. The second-order valence-electron chi connectivity index (χ2n) is 7.48. The first-order valence-electron chi connectivity index (χ1n) is 9.47. The summed E-state index contributed by atoms with van der Waals surface area (Å²) in [5.74, 6) is 0.199. The number of sulfonamides is 1. The molecule has 0 radical (unpaired) electrons. The summed E-state index contributed by atoms with van der Waals surface area (Å²) in [7, 11) is -3.49. The van der Waals surface area contributed by atoms with Crippen LogP contribution in [-0.2, 0) is 34.1 Å². The maximum atomic E-state index is 13.0. The molecule has 2 aliphatic heterocycles. The Labute approximate surface area is 164 Å². The van der Waals surface area contributed by atoms with E-state index in [-0.39, 0.29) is 12.3 Å². The van der Waals surface area contributed by atoms with E-state index in [4.69, 9.17) is 9.84 Å². The van der Waals surface area contributed by atoms with Crippen LogP contribution in [0.4, 0.5) is 0 Å². The van der Waals surface area contributed by atoms with E-state index in [1.807, 2.05) is 24.3 Å². The minimum absolute atomic E-state index is 0.0154. The third-order valence-electron chi connectivity index (χ3n) is 5.45. The van der Waals surface area contributed by atoms with Gasteiger partial charge in [0.2, 0.25) is 10.0 Å². The molecule has 4 rings (SSSR count). The Balaban J connectivity index is 1.41. The van der Waals surface area contributed by atoms with Gasteiger partial charge in [-0.3, -0.25) is 4.79 Å². The third-order valence-corrected chi connectivity index (χ3v) is 7.31. The molecule has 2 heterocycles. The van der Waals surface area contributed by atoms with Crippen LogP contribution in [-0.4, -0.2) is 43.5 Å². The number of carboxylic acid groups (broad SMARTS) is 1. The van der Waals surface area contributed by atoms with Crippen molar-refractivity contribution in [3.8, 4) is 5.75 Å². The fraction of sp³-hybridized carbons (Fsp3) is 0.381. The molecule has 148 valence electrons. The molecular weight excluding hydrogens is 378 g/mol. The van der Waals surface area contributed by atoms with E-state index in [9.17, 15) is 13.2 Å². The molecule has 6 nitrogen and oxygen atoms in total. The molecule has 0 bridgehead atoms. The summed E-state index contributed by atoms with van der Waals surface area (Å²) in [5, 5.41) is 8.85. The summed E-state index contributed by atoms with van der Waals surface area (Å²) in [6.45, 7) is 1.64. The van der Waals surface area contributed by atoms with Gasteiger partial charge in [0, 0.05) is 19.5 Å². The van der Waals surface area contributed by atoms with Crippen LogP contribution in [0, 0.1) is 5.92 Å². The van der Waals surface area contributed by atoms with Gasteiger partial charge in [0.25, 0.3) is 0 Å². The van der Waals surface area contributed by atoms with Crippen molar-refractivity contribution in [2.24, 2.45) is 5.92 Å². The van der Waals surface area contributed by atoms with Crippen molar-refractivity contribution in [1.29, 1.82) is 0 Å². The second-order valence-corrected chi connectivity index (χ2v) is 9.41. The van der Waals surface area contributed by atoms with Crippen LogP contribution in [0.15, 0.2) is 47.4 Å². The highest BCUT2D eigenvalue weighted by molar-refractivity contribution is 7.89. The van der Waals surface area contributed by atoms with E-state index in [0.29, 0.717) is 24.6 Å². The predicted molar refractivity (Wildman–Crippen MR) is 104 cm³/mol. The highest BCUT2D eigenvalue weighted by atomic mass is 32.2. The number of rotatable bonds is 6. The van der Waals surface area contributed by atoms with Gasteiger partial charge in [0.05, 0.1) is 17.9 Å². The summed E-state index contributed by atoms with van der Waals surface area (Å²) in [4.78, 5) is 11.1. The van der Waals surface area contributed by atoms with E-state index in [2.05, 4.69) is 0 Å².